The Balaban J connectivity index is 2.53. The van der Waals surface area contributed by atoms with E-state index in [4.69, 9.17) is 11.6 Å². The first kappa shape index (κ1) is 8.39. The fraction of sp³-hybridized carbons (Fsp3) is 0.400. The first-order valence-corrected chi connectivity index (χ1v) is 3.07. The Morgan fingerprint density at radius 1 is 1.45 bits per heavy atom. The minimum Gasteiger partial charge on any atom is -0.171 e. The predicted molar refractivity (Wildman–Crippen MR) is 34.2 cm³/mol. The standard InChI is InChI=1S/C5H3ClF3N2/c6-4-1-3(10-11-4)2-5(7,8)9/h1H,2H2. The molecule has 0 aromatic heterocycles. The fourth-order valence-electron chi connectivity index (χ4n) is 0.599. The molecule has 61 valence electrons. The van der Waals surface area contributed by atoms with Crippen LogP contribution in [0.1, 0.15) is 6.42 Å². The lowest BCUT2D eigenvalue weighted by Gasteiger charge is -2.01. The van der Waals surface area contributed by atoms with Crippen molar-refractivity contribution >= 4 is 17.3 Å². The number of halogens is 4. The highest BCUT2D eigenvalue weighted by molar-refractivity contribution is 6.31. The summed E-state index contributed by atoms with van der Waals surface area (Å²) < 4.78 is 34.9. The van der Waals surface area contributed by atoms with E-state index in [0.717, 1.165) is 6.08 Å². The van der Waals surface area contributed by atoms with Gasteiger partial charge in [-0.2, -0.15) is 18.3 Å². The molecule has 1 aliphatic rings. The lowest BCUT2D eigenvalue weighted by atomic mass is 10.3. The van der Waals surface area contributed by atoms with Crippen LogP contribution < -0.4 is 5.43 Å². The number of nitrogens with zero attached hydrogens (tertiary/aromatic N) is 2. The lowest BCUT2D eigenvalue weighted by Crippen LogP contribution is -2.12. The quantitative estimate of drug-likeness (QED) is 0.556. The van der Waals surface area contributed by atoms with E-state index in [1.165, 1.54) is 0 Å². The third kappa shape index (κ3) is 2.80. The van der Waals surface area contributed by atoms with Crippen molar-refractivity contribution in [2.75, 3.05) is 0 Å². The smallest absolute Gasteiger partial charge is 0.171 e. The molecule has 0 aliphatic carbocycles. The molecule has 0 unspecified atom stereocenters. The van der Waals surface area contributed by atoms with Gasteiger partial charge in [-0.1, -0.05) is 11.6 Å². The van der Waals surface area contributed by atoms with E-state index in [1.807, 2.05) is 0 Å². The molecule has 0 N–H and O–H groups in total. The van der Waals surface area contributed by atoms with Gasteiger partial charge < -0.3 is 0 Å². The van der Waals surface area contributed by atoms with E-state index in [1.54, 1.807) is 0 Å². The molecular formula is C5H3ClF3N2. The second kappa shape index (κ2) is 2.73. The van der Waals surface area contributed by atoms with Crippen LogP contribution in [-0.2, 0) is 0 Å². The maximum Gasteiger partial charge on any atom is 0.394 e. The largest absolute Gasteiger partial charge is 0.394 e. The van der Waals surface area contributed by atoms with Crippen LogP contribution in [0.25, 0.3) is 0 Å². The van der Waals surface area contributed by atoms with E-state index in [2.05, 4.69) is 10.5 Å². The summed E-state index contributed by atoms with van der Waals surface area (Å²) in [5.74, 6) is 0. The van der Waals surface area contributed by atoms with Gasteiger partial charge in [0.05, 0.1) is 12.1 Å². The molecule has 0 atom stereocenters. The summed E-state index contributed by atoms with van der Waals surface area (Å²) in [5.41, 5.74) is 3.07. The minimum absolute atomic E-state index is 0.00995. The molecule has 0 saturated carbocycles. The van der Waals surface area contributed by atoms with Crippen molar-refractivity contribution in [2.45, 2.75) is 12.6 Å². The molecule has 1 radical (unpaired) electrons. The molecule has 0 bridgehead atoms. The SMILES string of the molecule is FC(F)(F)CC1=N[N]C(Cl)=C1. The van der Waals surface area contributed by atoms with Crippen molar-refractivity contribution in [3.8, 4) is 0 Å². The van der Waals surface area contributed by atoms with Gasteiger partial charge in [0.1, 0.15) is 0 Å². The van der Waals surface area contributed by atoms with Crippen LogP contribution in [0.5, 0.6) is 0 Å². The van der Waals surface area contributed by atoms with Gasteiger partial charge in [-0.3, -0.25) is 0 Å². The Hall–Kier alpha value is -0.710. The van der Waals surface area contributed by atoms with Gasteiger partial charge in [-0.15, -0.1) is 5.43 Å². The van der Waals surface area contributed by atoms with E-state index in [9.17, 15) is 13.2 Å². The van der Waals surface area contributed by atoms with Crippen LogP contribution in [0.3, 0.4) is 0 Å². The van der Waals surface area contributed by atoms with Gasteiger partial charge in [0.15, 0.2) is 5.16 Å². The minimum atomic E-state index is -4.24. The molecule has 1 aliphatic heterocycles. The molecule has 0 aromatic rings. The zero-order chi connectivity index (χ0) is 8.48. The number of alkyl halides is 3. The molecule has 11 heavy (non-hydrogen) atoms. The van der Waals surface area contributed by atoms with Gasteiger partial charge in [0.2, 0.25) is 0 Å². The van der Waals surface area contributed by atoms with Crippen LogP contribution in [0.2, 0.25) is 0 Å². The molecule has 1 heterocycles. The van der Waals surface area contributed by atoms with Crippen LogP contribution in [-0.4, -0.2) is 11.9 Å². The average Bonchev–Trinajstić information content (AvgIpc) is 2.10. The summed E-state index contributed by atoms with van der Waals surface area (Å²) in [7, 11) is 0. The van der Waals surface area contributed by atoms with E-state index in [-0.39, 0.29) is 10.9 Å². The number of hydrogen-bond donors (Lipinski definition) is 0. The van der Waals surface area contributed by atoms with Gasteiger partial charge in [0.25, 0.3) is 0 Å². The highest BCUT2D eigenvalue weighted by Gasteiger charge is 2.30. The zero-order valence-electron chi connectivity index (χ0n) is 5.19. The summed E-state index contributed by atoms with van der Waals surface area (Å²) in [6, 6.07) is 0. The number of allylic oxidation sites excluding steroid dienone is 1. The normalized spacial score (nSPS) is 17.5. The highest BCUT2D eigenvalue weighted by Crippen LogP contribution is 2.22. The summed E-state index contributed by atoms with van der Waals surface area (Å²) >= 11 is 5.25. The molecule has 0 spiro atoms. The number of hydrogen-bond acceptors (Lipinski definition) is 1. The molecule has 0 fully saturated rings. The lowest BCUT2D eigenvalue weighted by molar-refractivity contribution is -0.121. The zero-order valence-corrected chi connectivity index (χ0v) is 5.95. The van der Waals surface area contributed by atoms with Crippen molar-refractivity contribution in [2.24, 2.45) is 5.10 Å². The van der Waals surface area contributed by atoms with E-state index < -0.39 is 12.6 Å². The maximum atomic E-state index is 11.6. The topological polar surface area (TPSA) is 26.5 Å². The summed E-state index contributed by atoms with van der Waals surface area (Å²) in [4.78, 5) is 0. The van der Waals surface area contributed by atoms with Crippen LogP contribution in [0, 0.1) is 0 Å². The van der Waals surface area contributed by atoms with E-state index in [0.29, 0.717) is 0 Å². The molecule has 0 amide bonds. The van der Waals surface area contributed by atoms with Gasteiger partial charge >= 0.3 is 6.18 Å². The molecule has 0 aromatic carbocycles. The van der Waals surface area contributed by atoms with Gasteiger partial charge in [-0.05, 0) is 0 Å². The Kier molecular flexibility index (Phi) is 2.08. The first-order chi connectivity index (χ1) is 4.97. The molecule has 6 heteroatoms. The molecular weight excluding hydrogens is 181 g/mol. The van der Waals surface area contributed by atoms with Crippen molar-refractivity contribution < 1.29 is 13.2 Å². The number of rotatable bonds is 1. The average molecular weight is 184 g/mol. The first-order valence-electron chi connectivity index (χ1n) is 2.69. The summed E-state index contributed by atoms with van der Waals surface area (Å²) in [5, 5.41) is 3.19. The third-order valence-corrected chi connectivity index (χ3v) is 1.13. The highest BCUT2D eigenvalue weighted by atomic mass is 35.5. The van der Waals surface area contributed by atoms with Gasteiger partial charge in [-0.25, -0.2) is 0 Å². The summed E-state index contributed by atoms with van der Waals surface area (Å²) in [6.45, 7) is 0. The van der Waals surface area contributed by atoms with Crippen LogP contribution in [0.15, 0.2) is 16.3 Å². The maximum absolute atomic E-state index is 11.6. The Morgan fingerprint density at radius 2 is 2.09 bits per heavy atom. The second-order valence-electron chi connectivity index (χ2n) is 1.95. The van der Waals surface area contributed by atoms with Crippen molar-refractivity contribution in [1.82, 2.24) is 5.43 Å². The molecule has 1 rings (SSSR count). The predicted octanol–water partition coefficient (Wildman–Crippen LogP) is 1.99. The van der Waals surface area contributed by atoms with Crippen molar-refractivity contribution in [3.05, 3.63) is 11.2 Å². The fourth-order valence-corrected chi connectivity index (χ4v) is 0.763. The Labute approximate surface area is 65.7 Å². The van der Waals surface area contributed by atoms with Crippen LogP contribution >= 0.6 is 11.6 Å². The molecule has 0 saturated heterocycles. The van der Waals surface area contributed by atoms with Crippen molar-refractivity contribution in [1.29, 1.82) is 0 Å². The summed E-state index contributed by atoms with van der Waals surface area (Å²) in [6.07, 6.45) is -4.23. The Bertz CT molecular complexity index is 218. The van der Waals surface area contributed by atoms with Gasteiger partial charge in [0, 0.05) is 6.08 Å². The third-order valence-electron chi connectivity index (χ3n) is 0.941. The monoisotopic (exact) mass is 183 g/mol. The molecule has 2 nitrogen and oxygen atoms in total. The van der Waals surface area contributed by atoms with Crippen LogP contribution in [0.4, 0.5) is 13.2 Å². The second-order valence-corrected chi connectivity index (χ2v) is 2.34. The van der Waals surface area contributed by atoms with E-state index >= 15 is 0 Å². The van der Waals surface area contributed by atoms with Crippen molar-refractivity contribution in [3.63, 3.8) is 0 Å². The Morgan fingerprint density at radius 3 is 2.45 bits per heavy atom.